The van der Waals surface area contributed by atoms with Gasteiger partial charge in [-0.1, -0.05) is 0 Å². The second-order valence-electron chi connectivity index (χ2n) is 6.51. The van der Waals surface area contributed by atoms with Crippen LogP contribution in [0.25, 0.3) is 0 Å². The summed E-state index contributed by atoms with van der Waals surface area (Å²) in [6, 6.07) is 2.45. The van der Waals surface area contributed by atoms with E-state index < -0.39 is 5.60 Å². The molecule has 0 saturated carbocycles. The van der Waals surface area contributed by atoms with E-state index in [1.54, 1.807) is 4.90 Å². The Bertz CT molecular complexity index is 499. The third-order valence-corrected chi connectivity index (χ3v) is 3.70. The Kier molecular flexibility index (Phi) is 4.32. The summed E-state index contributed by atoms with van der Waals surface area (Å²) < 4.78 is 8.43. The Balaban J connectivity index is 1.98. The molecule has 0 radical (unpaired) electrons. The van der Waals surface area contributed by atoms with Crippen molar-refractivity contribution in [2.75, 3.05) is 13.1 Å². The molecular weight excluding hydrogens is 369 g/mol. The van der Waals surface area contributed by atoms with E-state index in [0.29, 0.717) is 25.0 Å². The third-order valence-electron chi connectivity index (χ3n) is 3.18. The summed E-state index contributed by atoms with van der Waals surface area (Å²) in [5.74, 6) is 0.362. The van der Waals surface area contributed by atoms with Gasteiger partial charge in [0.1, 0.15) is 9.30 Å². The maximum absolute atomic E-state index is 11.9. The van der Waals surface area contributed by atoms with Crippen LogP contribution >= 0.6 is 22.6 Å². The maximum atomic E-state index is 11.9. The van der Waals surface area contributed by atoms with Gasteiger partial charge in [-0.05, 0) is 63.3 Å². The van der Waals surface area contributed by atoms with Gasteiger partial charge in [0.15, 0.2) is 0 Å². The van der Waals surface area contributed by atoms with Gasteiger partial charge >= 0.3 is 6.09 Å². The van der Waals surface area contributed by atoms with Gasteiger partial charge in [0, 0.05) is 30.7 Å². The molecule has 0 atom stereocenters. The molecule has 1 aromatic rings. The highest BCUT2D eigenvalue weighted by Crippen LogP contribution is 2.30. The number of carbonyl (C=O) groups is 1. The van der Waals surface area contributed by atoms with Crippen molar-refractivity contribution in [3.05, 3.63) is 15.5 Å². The molecule has 1 aliphatic heterocycles. The minimum atomic E-state index is -0.433. The molecule has 0 bridgehead atoms. The monoisotopic (exact) mass is 391 g/mol. The Morgan fingerprint density at radius 2 is 2.05 bits per heavy atom. The highest BCUT2D eigenvalue weighted by Gasteiger charge is 2.36. The van der Waals surface area contributed by atoms with Crippen LogP contribution in [0.2, 0.25) is 0 Å². The van der Waals surface area contributed by atoms with Gasteiger partial charge in [0.2, 0.25) is 0 Å². The second-order valence-corrected chi connectivity index (χ2v) is 7.62. The zero-order chi connectivity index (χ0) is 15.1. The van der Waals surface area contributed by atoms with Crippen molar-refractivity contribution < 1.29 is 9.53 Å². The normalized spacial score (nSPS) is 16.4. The van der Waals surface area contributed by atoms with Crippen molar-refractivity contribution in [3.8, 4) is 0 Å². The fraction of sp³-hybridized carbons (Fsp3) is 0.714. The number of nitrogens with zero attached hydrogens (tertiary/aromatic N) is 3. The van der Waals surface area contributed by atoms with Crippen LogP contribution in [-0.4, -0.2) is 39.5 Å². The van der Waals surface area contributed by atoms with Crippen LogP contribution < -0.4 is 0 Å². The molecule has 20 heavy (non-hydrogen) atoms. The first-order valence-corrected chi connectivity index (χ1v) is 7.98. The average Bonchev–Trinajstić information content (AvgIpc) is 2.55. The quantitative estimate of drug-likeness (QED) is 0.727. The van der Waals surface area contributed by atoms with Gasteiger partial charge in [-0.2, -0.15) is 5.10 Å². The summed E-state index contributed by atoms with van der Waals surface area (Å²) in [5.41, 5.74) is 0.779. The van der Waals surface area contributed by atoms with Crippen molar-refractivity contribution in [2.45, 2.75) is 52.2 Å². The topological polar surface area (TPSA) is 47.4 Å². The first-order chi connectivity index (χ1) is 9.17. The molecule has 1 fully saturated rings. The van der Waals surface area contributed by atoms with E-state index >= 15 is 0 Å². The molecule has 112 valence electrons. The lowest BCUT2D eigenvalue weighted by molar-refractivity contribution is 0.00743. The van der Waals surface area contributed by atoms with Crippen LogP contribution in [0.15, 0.2) is 6.07 Å². The number of rotatable bonds is 2. The Hall–Kier alpha value is -0.790. The Labute approximate surface area is 133 Å². The molecule has 1 aromatic heterocycles. The van der Waals surface area contributed by atoms with Gasteiger partial charge in [-0.25, -0.2) is 4.79 Å². The zero-order valence-corrected chi connectivity index (χ0v) is 14.8. The number of hydrogen-bond donors (Lipinski definition) is 0. The molecule has 0 aromatic carbocycles. The fourth-order valence-electron chi connectivity index (χ4n) is 2.24. The minimum absolute atomic E-state index is 0.223. The molecule has 1 saturated heterocycles. The van der Waals surface area contributed by atoms with Crippen LogP contribution in [0.1, 0.15) is 52.3 Å². The van der Waals surface area contributed by atoms with E-state index in [2.05, 4.69) is 52.3 Å². The van der Waals surface area contributed by atoms with Gasteiger partial charge in [-0.15, -0.1) is 0 Å². The molecule has 0 N–H and O–H groups in total. The predicted molar refractivity (Wildman–Crippen MR) is 85.9 cm³/mol. The van der Waals surface area contributed by atoms with Crippen molar-refractivity contribution in [1.29, 1.82) is 0 Å². The van der Waals surface area contributed by atoms with E-state index in [-0.39, 0.29) is 6.09 Å². The lowest BCUT2D eigenvalue weighted by Crippen LogP contribution is -2.50. The maximum Gasteiger partial charge on any atom is 0.410 e. The molecule has 0 unspecified atom stereocenters. The molecule has 0 spiro atoms. The number of ether oxygens (including phenoxy) is 1. The SMILES string of the molecule is CC(C)n1nc(I)cc1C1CN(C(=O)OC(C)(C)C)C1. The molecule has 0 aliphatic carbocycles. The largest absolute Gasteiger partial charge is 0.444 e. The summed E-state index contributed by atoms with van der Waals surface area (Å²) in [5, 5.41) is 4.51. The first kappa shape index (κ1) is 15.6. The summed E-state index contributed by atoms with van der Waals surface area (Å²) in [7, 11) is 0. The number of halogens is 1. The first-order valence-electron chi connectivity index (χ1n) is 6.90. The smallest absolute Gasteiger partial charge is 0.410 e. The van der Waals surface area contributed by atoms with Gasteiger partial charge in [0.25, 0.3) is 0 Å². The summed E-state index contributed by atoms with van der Waals surface area (Å²) >= 11 is 2.23. The Morgan fingerprint density at radius 1 is 1.45 bits per heavy atom. The van der Waals surface area contributed by atoms with Gasteiger partial charge < -0.3 is 9.64 Å². The lowest BCUT2D eigenvalue weighted by atomic mass is 9.96. The number of hydrogen-bond acceptors (Lipinski definition) is 3. The number of likely N-dealkylation sites (tertiary alicyclic amines) is 1. The number of amides is 1. The van der Waals surface area contributed by atoms with E-state index in [4.69, 9.17) is 4.74 Å². The number of carbonyl (C=O) groups excluding carboxylic acids is 1. The highest BCUT2D eigenvalue weighted by molar-refractivity contribution is 14.1. The number of aromatic nitrogens is 2. The minimum Gasteiger partial charge on any atom is -0.444 e. The third kappa shape index (κ3) is 3.45. The molecule has 5 nitrogen and oxygen atoms in total. The van der Waals surface area contributed by atoms with Crippen LogP contribution in [0, 0.1) is 3.70 Å². The summed E-state index contributed by atoms with van der Waals surface area (Å²) in [6.45, 7) is 11.3. The average molecular weight is 391 g/mol. The molecule has 6 heteroatoms. The van der Waals surface area contributed by atoms with Crippen LogP contribution in [-0.2, 0) is 4.74 Å². The summed E-state index contributed by atoms with van der Waals surface area (Å²) in [4.78, 5) is 13.7. The molecular formula is C14H22IN3O2. The highest BCUT2D eigenvalue weighted by atomic mass is 127. The van der Waals surface area contributed by atoms with E-state index in [9.17, 15) is 4.79 Å². The van der Waals surface area contributed by atoms with E-state index in [0.717, 1.165) is 3.70 Å². The molecule has 2 rings (SSSR count). The molecule has 1 amide bonds. The standard InChI is InChI=1S/C14H22IN3O2/c1-9(2)18-11(6-12(15)16-18)10-7-17(8-10)13(19)20-14(3,4)5/h6,9-10H,7-8H2,1-5H3. The van der Waals surface area contributed by atoms with Crippen LogP contribution in [0.5, 0.6) is 0 Å². The van der Waals surface area contributed by atoms with Crippen LogP contribution in [0.3, 0.4) is 0 Å². The molecule has 1 aliphatic rings. The van der Waals surface area contributed by atoms with Gasteiger partial charge in [0.05, 0.1) is 0 Å². The zero-order valence-electron chi connectivity index (χ0n) is 12.7. The van der Waals surface area contributed by atoms with Crippen LogP contribution in [0.4, 0.5) is 4.79 Å². The predicted octanol–water partition coefficient (Wildman–Crippen LogP) is 3.40. The Morgan fingerprint density at radius 3 is 2.55 bits per heavy atom. The van der Waals surface area contributed by atoms with Gasteiger partial charge in [-0.3, -0.25) is 4.68 Å². The van der Waals surface area contributed by atoms with E-state index in [1.165, 1.54) is 5.69 Å². The fourth-order valence-corrected chi connectivity index (χ4v) is 2.79. The van der Waals surface area contributed by atoms with E-state index in [1.807, 2.05) is 20.8 Å². The van der Waals surface area contributed by atoms with Crippen molar-refractivity contribution >= 4 is 28.7 Å². The van der Waals surface area contributed by atoms with Crippen molar-refractivity contribution in [3.63, 3.8) is 0 Å². The summed E-state index contributed by atoms with van der Waals surface area (Å²) in [6.07, 6.45) is -0.223. The lowest BCUT2D eigenvalue weighted by Gasteiger charge is -2.40. The molecule has 2 heterocycles. The van der Waals surface area contributed by atoms with Crippen molar-refractivity contribution in [2.24, 2.45) is 0 Å². The second kappa shape index (κ2) is 5.54. The van der Waals surface area contributed by atoms with Crippen molar-refractivity contribution in [1.82, 2.24) is 14.7 Å².